The largest absolute Gasteiger partial charge is 0.352 e. The van der Waals surface area contributed by atoms with Gasteiger partial charge in [0, 0.05) is 6.04 Å². The Morgan fingerprint density at radius 3 is 2.61 bits per heavy atom. The van der Waals surface area contributed by atoms with Gasteiger partial charge in [0.05, 0.1) is 13.0 Å². The van der Waals surface area contributed by atoms with Gasteiger partial charge in [-0.2, -0.15) is 0 Å². The fourth-order valence-electron chi connectivity index (χ4n) is 1.45. The summed E-state index contributed by atoms with van der Waals surface area (Å²) in [5.74, 6) is -0.921. The topological polar surface area (TPSA) is 58.2 Å². The minimum Gasteiger partial charge on any atom is -0.352 e. The predicted molar refractivity (Wildman–Crippen MR) is 66.4 cm³/mol. The van der Waals surface area contributed by atoms with Crippen molar-refractivity contribution in [2.45, 2.75) is 26.3 Å². The van der Waals surface area contributed by atoms with Crippen LogP contribution < -0.4 is 10.6 Å². The molecule has 18 heavy (non-hydrogen) atoms. The number of carbonyl (C=O) groups excluding carboxylic acids is 2. The van der Waals surface area contributed by atoms with Crippen molar-refractivity contribution in [2.24, 2.45) is 0 Å². The van der Waals surface area contributed by atoms with Crippen molar-refractivity contribution in [2.75, 3.05) is 6.54 Å². The number of carbonyl (C=O) groups is 2. The zero-order valence-electron chi connectivity index (χ0n) is 10.5. The van der Waals surface area contributed by atoms with Crippen LogP contribution >= 0.6 is 0 Å². The first-order valence-electron chi connectivity index (χ1n) is 5.78. The first kappa shape index (κ1) is 14.2. The van der Waals surface area contributed by atoms with Gasteiger partial charge in [0.1, 0.15) is 5.82 Å². The Hall–Kier alpha value is -1.91. The van der Waals surface area contributed by atoms with Gasteiger partial charge in [0.2, 0.25) is 11.8 Å². The van der Waals surface area contributed by atoms with Gasteiger partial charge < -0.3 is 10.6 Å². The molecule has 0 aromatic heterocycles. The first-order valence-corrected chi connectivity index (χ1v) is 5.78. The zero-order chi connectivity index (χ0) is 13.5. The number of hydrogen-bond donors (Lipinski definition) is 2. The normalized spacial score (nSPS) is 10.2. The molecule has 0 heterocycles. The molecule has 0 atom stereocenters. The Balaban J connectivity index is 2.36. The molecule has 98 valence electrons. The van der Waals surface area contributed by atoms with Crippen LogP contribution in [0.5, 0.6) is 0 Å². The van der Waals surface area contributed by atoms with E-state index in [1.807, 2.05) is 13.8 Å². The smallest absolute Gasteiger partial charge is 0.239 e. The van der Waals surface area contributed by atoms with E-state index in [9.17, 15) is 14.0 Å². The van der Waals surface area contributed by atoms with Crippen LogP contribution in [-0.2, 0) is 16.0 Å². The van der Waals surface area contributed by atoms with E-state index in [1.54, 1.807) is 12.1 Å². The van der Waals surface area contributed by atoms with Crippen molar-refractivity contribution in [1.29, 1.82) is 0 Å². The SMILES string of the molecule is CC(C)NC(=O)CNC(=O)Cc1cccc(F)c1. The number of nitrogens with one attached hydrogen (secondary N) is 2. The van der Waals surface area contributed by atoms with E-state index in [0.29, 0.717) is 5.56 Å². The van der Waals surface area contributed by atoms with Crippen LogP contribution in [-0.4, -0.2) is 24.4 Å². The molecule has 0 aliphatic carbocycles. The fourth-order valence-corrected chi connectivity index (χ4v) is 1.45. The Labute approximate surface area is 106 Å². The van der Waals surface area contributed by atoms with Crippen LogP contribution in [0.2, 0.25) is 0 Å². The van der Waals surface area contributed by atoms with Crippen LogP contribution in [0.4, 0.5) is 4.39 Å². The maximum absolute atomic E-state index is 12.9. The van der Waals surface area contributed by atoms with Crippen LogP contribution in [0.25, 0.3) is 0 Å². The summed E-state index contributed by atoms with van der Waals surface area (Å²) in [6.45, 7) is 3.62. The van der Waals surface area contributed by atoms with Gasteiger partial charge in [-0.05, 0) is 31.5 Å². The molecule has 0 saturated carbocycles. The zero-order valence-corrected chi connectivity index (χ0v) is 10.5. The molecule has 0 saturated heterocycles. The molecule has 0 fully saturated rings. The van der Waals surface area contributed by atoms with Gasteiger partial charge in [-0.15, -0.1) is 0 Å². The highest BCUT2D eigenvalue weighted by molar-refractivity contribution is 5.85. The van der Waals surface area contributed by atoms with Gasteiger partial charge in [0.15, 0.2) is 0 Å². The fraction of sp³-hybridized carbons (Fsp3) is 0.385. The Morgan fingerprint density at radius 1 is 1.28 bits per heavy atom. The lowest BCUT2D eigenvalue weighted by Crippen LogP contribution is -2.40. The van der Waals surface area contributed by atoms with E-state index in [-0.39, 0.29) is 36.6 Å². The lowest BCUT2D eigenvalue weighted by atomic mass is 10.1. The molecule has 1 aromatic rings. The molecular weight excluding hydrogens is 235 g/mol. The highest BCUT2D eigenvalue weighted by atomic mass is 19.1. The molecule has 0 bridgehead atoms. The van der Waals surface area contributed by atoms with E-state index >= 15 is 0 Å². The highest BCUT2D eigenvalue weighted by Crippen LogP contribution is 2.03. The third-order valence-electron chi connectivity index (χ3n) is 2.15. The van der Waals surface area contributed by atoms with E-state index in [2.05, 4.69) is 10.6 Å². The van der Waals surface area contributed by atoms with E-state index < -0.39 is 0 Å². The second-order valence-corrected chi connectivity index (χ2v) is 4.31. The summed E-state index contributed by atoms with van der Waals surface area (Å²) in [6, 6.07) is 5.86. The van der Waals surface area contributed by atoms with Gasteiger partial charge in [-0.25, -0.2) is 4.39 Å². The molecule has 1 rings (SSSR count). The Bertz CT molecular complexity index is 433. The third-order valence-corrected chi connectivity index (χ3v) is 2.15. The summed E-state index contributed by atoms with van der Waals surface area (Å²) in [4.78, 5) is 22.8. The molecule has 2 N–H and O–H groups in total. The lowest BCUT2D eigenvalue weighted by molar-refractivity contribution is -0.126. The van der Waals surface area contributed by atoms with Crippen LogP contribution in [0.1, 0.15) is 19.4 Å². The average Bonchev–Trinajstić information content (AvgIpc) is 2.25. The lowest BCUT2D eigenvalue weighted by Gasteiger charge is -2.09. The summed E-state index contributed by atoms with van der Waals surface area (Å²) in [5, 5.41) is 5.14. The van der Waals surface area contributed by atoms with Gasteiger partial charge in [-0.1, -0.05) is 12.1 Å². The van der Waals surface area contributed by atoms with Crippen molar-refractivity contribution >= 4 is 11.8 Å². The molecular formula is C13H17FN2O2. The molecule has 0 aliphatic rings. The second-order valence-electron chi connectivity index (χ2n) is 4.31. The minimum absolute atomic E-state index is 0.0395. The van der Waals surface area contributed by atoms with Gasteiger partial charge in [0.25, 0.3) is 0 Å². The molecule has 0 unspecified atom stereocenters. The summed E-state index contributed by atoms with van der Waals surface area (Å²) < 4.78 is 12.9. The summed E-state index contributed by atoms with van der Waals surface area (Å²) >= 11 is 0. The Morgan fingerprint density at radius 2 is 2.00 bits per heavy atom. The van der Waals surface area contributed by atoms with Crippen molar-refractivity contribution in [1.82, 2.24) is 10.6 Å². The van der Waals surface area contributed by atoms with Crippen molar-refractivity contribution in [3.63, 3.8) is 0 Å². The number of amides is 2. The van der Waals surface area contributed by atoms with Crippen molar-refractivity contribution < 1.29 is 14.0 Å². The third kappa shape index (κ3) is 5.43. The summed E-state index contributed by atoms with van der Waals surface area (Å²) in [7, 11) is 0. The minimum atomic E-state index is -0.377. The molecule has 4 nitrogen and oxygen atoms in total. The monoisotopic (exact) mass is 252 g/mol. The summed E-state index contributed by atoms with van der Waals surface area (Å²) in [6.07, 6.45) is 0.0622. The van der Waals surface area contributed by atoms with E-state index in [1.165, 1.54) is 12.1 Å². The van der Waals surface area contributed by atoms with E-state index in [0.717, 1.165) is 0 Å². The van der Waals surface area contributed by atoms with E-state index in [4.69, 9.17) is 0 Å². The molecule has 0 spiro atoms. The number of halogens is 1. The standard InChI is InChI=1S/C13H17FN2O2/c1-9(2)16-13(18)8-15-12(17)7-10-4-3-5-11(14)6-10/h3-6,9H,7-8H2,1-2H3,(H,15,17)(H,16,18). The molecule has 0 aliphatic heterocycles. The molecule has 1 aromatic carbocycles. The molecule has 0 radical (unpaired) electrons. The van der Waals surface area contributed by atoms with Crippen molar-refractivity contribution in [3.05, 3.63) is 35.6 Å². The van der Waals surface area contributed by atoms with Crippen LogP contribution in [0.15, 0.2) is 24.3 Å². The number of hydrogen-bond acceptors (Lipinski definition) is 2. The van der Waals surface area contributed by atoms with Gasteiger partial charge in [-0.3, -0.25) is 9.59 Å². The van der Waals surface area contributed by atoms with Gasteiger partial charge >= 0.3 is 0 Å². The first-order chi connectivity index (χ1) is 8.47. The maximum Gasteiger partial charge on any atom is 0.239 e. The van der Waals surface area contributed by atoms with Crippen molar-refractivity contribution in [3.8, 4) is 0 Å². The highest BCUT2D eigenvalue weighted by Gasteiger charge is 2.07. The predicted octanol–water partition coefficient (Wildman–Crippen LogP) is 1.01. The van der Waals surface area contributed by atoms with Crippen LogP contribution in [0.3, 0.4) is 0 Å². The second kappa shape index (κ2) is 6.74. The maximum atomic E-state index is 12.9. The quantitative estimate of drug-likeness (QED) is 0.821. The molecule has 2 amide bonds. The molecule has 5 heteroatoms. The number of rotatable bonds is 5. The summed E-state index contributed by atoms with van der Waals surface area (Å²) in [5.41, 5.74) is 0.580. The Kier molecular flexibility index (Phi) is 5.30. The van der Waals surface area contributed by atoms with Crippen LogP contribution in [0, 0.1) is 5.82 Å². The number of benzene rings is 1. The average molecular weight is 252 g/mol.